The molecule has 0 aliphatic heterocycles. The summed E-state index contributed by atoms with van der Waals surface area (Å²) in [5, 5.41) is 0.328. The van der Waals surface area contributed by atoms with E-state index in [1.54, 1.807) is 22.8 Å². The van der Waals surface area contributed by atoms with Gasteiger partial charge in [0.1, 0.15) is 16.2 Å². The lowest BCUT2D eigenvalue weighted by Crippen LogP contribution is -2.09. The van der Waals surface area contributed by atoms with Gasteiger partial charge in [0, 0.05) is 11.6 Å². The number of halogens is 1. The van der Waals surface area contributed by atoms with Gasteiger partial charge >= 0.3 is 0 Å². The second kappa shape index (κ2) is 7.93. The summed E-state index contributed by atoms with van der Waals surface area (Å²) in [6.45, 7) is 0.463. The summed E-state index contributed by atoms with van der Waals surface area (Å²) in [4.78, 5) is 9.40. The molecule has 2 heterocycles. The van der Waals surface area contributed by atoms with E-state index in [9.17, 15) is 8.42 Å². The van der Waals surface area contributed by atoms with Gasteiger partial charge in [0.2, 0.25) is 9.84 Å². The molecule has 5 aromatic rings. The van der Waals surface area contributed by atoms with Crippen LogP contribution in [0.15, 0.2) is 88.7 Å². The Bertz CT molecular complexity index is 1560. The molecule has 0 atom stereocenters. The third-order valence-corrected chi connectivity index (χ3v) is 7.44. The molecule has 0 bridgehead atoms. The molecular formula is C24H19ClN4O2S. The minimum absolute atomic E-state index is 0.0407. The molecule has 0 unspecified atom stereocenters. The fourth-order valence-electron chi connectivity index (χ4n) is 3.82. The first-order chi connectivity index (χ1) is 15.4. The summed E-state index contributed by atoms with van der Waals surface area (Å²) in [5.74, 6) is 0.117. The molecule has 8 heteroatoms. The van der Waals surface area contributed by atoms with Gasteiger partial charge in [0.05, 0.1) is 15.9 Å². The molecule has 5 rings (SSSR count). The molecule has 0 aliphatic rings. The van der Waals surface area contributed by atoms with Crippen molar-refractivity contribution < 1.29 is 8.42 Å². The maximum absolute atomic E-state index is 13.6. The van der Waals surface area contributed by atoms with E-state index < -0.39 is 9.84 Å². The fraction of sp³-hybridized carbons (Fsp3) is 0.0833. The van der Waals surface area contributed by atoms with Crippen molar-refractivity contribution in [3.8, 4) is 0 Å². The average molecular weight is 463 g/mol. The summed E-state index contributed by atoms with van der Waals surface area (Å²) >= 11 is 6.07. The zero-order valence-corrected chi connectivity index (χ0v) is 18.5. The lowest BCUT2D eigenvalue weighted by molar-refractivity contribution is 0.596. The van der Waals surface area contributed by atoms with Gasteiger partial charge in [0.25, 0.3) is 0 Å². The SMILES string of the molecule is Nc1c(S(=O)(=O)c2cccc(Cl)c2)c2nc3ccccc3nc2n1CCc1ccccc1. The van der Waals surface area contributed by atoms with Gasteiger partial charge in [-0.25, -0.2) is 18.4 Å². The van der Waals surface area contributed by atoms with E-state index in [2.05, 4.69) is 4.98 Å². The number of benzene rings is 3. The number of aromatic nitrogens is 3. The van der Waals surface area contributed by atoms with E-state index in [4.69, 9.17) is 22.3 Å². The quantitative estimate of drug-likeness (QED) is 0.401. The van der Waals surface area contributed by atoms with E-state index in [0.29, 0.717) is 34.7 Å². The number of anilines is 1. The number of aryl methyl sites for hydroxylation is 2. The van der Waals surface area contributed by atoms with E-state index in [1.807, 2.05) is 48.5 Å². The Hall–Kier alpha value is -3.42. The van der Waals surface area contributed by atoms with Crippen LogP contribution in [-0.4, -0.2) is 23.0 Å². The van der Waals surface area contributed by atoms with Crippen LogP contribution in [0.5, 0.6) is 0 Å². The number of hydrogen-bond donors (Lipinski definition) is 1. The van der Waals surface area contributed by atoms with Gasteiger partial charge in [-0.1, -0.05) is 60.1 Å². The van der Waals surface area contributed by atoms with Crippen LogP contribution in [0.1, 0.15) is 5.56 Å². The summed E-state index contributed by atoms with van der Waals surface area (Å²) in [6.07, 6.45) is 0.667. The van der Waals surface area contributed by atoms with Crippen molar-refractivity contribution in [2.24, 2.45) is 0 Å². The summed E-state index contributed by atoms with van der Waals surface area (Å²) in [6, 6.07) is 23.4. The van der Waals surface area contributed by atoms with Gasteiger partial charge in [-0.3, -0.25) is 0 Å². The lowest BCUT2D eigenvalue weighted by Gasteiger charge is -2.08. The molecule has 0 saturated carbocycles. The van der Waals surface area contributed by atoms with Gasteiger partial charge < -0.3 is 10.3 Å². The van der Waals surface area contributed by atoms with Crippen molar-refractivity contribution in [3.63, 3.8) is 0 Å². The second-order valence-electron chi connectivity index (χ2n) is 7.45. The molecule has 32 heavy (non-hydrogen) atoms. The van der Waals surface area contributed by atoms with Gasteiger partial charge in [-0.15, -0.1) is 0 Å². The molecule has 0 aliphatic carbocycles. The average Bonchev–Trinajstić information content (AvgIpc) is 3.07. The van der Waals surface area contributed by atoms with Crippen LogP contribution in [0.2, 0.25) is 5.02 Å². The highest BCUT2D eigenvalue weighted by atomic mass is 35.5. The third-order valence-electron chi connectivity index (χ3n) is 5.39. The topological polar surface area (TPSA) is 90.9 Å². The number of nitrogens with zero attached hydrogens (tertiary/aromatic N) is 3. The third kappa shape index (κ3) is 3.49. The Labute approximate surface area is 190 Å². The zero-order valence-electron chi connectivity index (χ0n) is 16.9. The van der Waals surface area contributed by atoms with Crippen LogP contribution in [0.25, 0.3) is 22.2 Å². The second-order valence-corrected chi connectivity index (χ2v) is 9.77. The standard InChI is InChI=1S/C24H19ClN4O2S/c25-17-9-6-10-18(15-17)32(30,31)22-21-24(28-20-12-5-4-11-19(20)27-21)29(23(22)26)14-13-16-7-2-1-3-8-16/h1-12,15H,13-14,26H2. The number of hydrogen-bond acceptors (Lipinski definition) is 5. The maximum Gasteiger partial charge on any atom is 0.212 e. The van der Waals surface area contributed by atoms with Crippen molar-refractivity contribution >= 4 is 49.5 Å². The minimum atomic E-state index is -3.98. The van der Waals surface area contributed by atoms with E-state index in [-0.39, 0.29) is 21.1 Å². The molecule has 6 nitrogen and oxygen atoms in total. The molecule has 2 aromatic heterocycles. The highest BCUT2D eigenvalue weighted by Crippen LogP contribution is 2.36. The largest absolute Gasteiger partial charge is 0.384 e. The molecule has 2 N–H and O–H groups in total. The van der Waals surface area contributed by atoms with Crippen LogP contribution in [0, 0.1) is 0 Å². The summed E-state index contributed by atoms with van der Waals surface area (Å²) in [7, 11) is -3.98. The minimum Gasteiger partial charge on any atom is -0.384 e. The van der Waals surface area contributed by atoms with Crippen molar-refractivity contribution in [1.82, 2.24) is 14.5 Å². The van der Waals surface area contributed by atoms with Crippen molar-refractivity contribution in [3.05, 3.63) is 89.4 Å². The molecular weight excluding hydrogens is 444 g/mol. The first kappa shape index (κ1) is 20.5. The molecule has 160 valence electrons. The number of nitrogen functional groups attached to an aromatic ring is 1. The molecule has 3 aromatic carbocycles. The number of sulfone groups is 1. The van der Waals surface area contributed by atoms with Gasteiger partial charge in [-0.05, 0) is 42.3 Å². The maximum atomic E-state index is 13.6. The zero-order chi connectivity index (χ0) is 22.3. The van der Waals surface area contributed by atoms with Crippen LogP contribution in [0.3, 0.4) is 0 Å². The smallest absolute Gasteiger partial charge is 0.212 e. The normalized spacial score (nSPS) is 11.9. The molecule has 0 fully saturated rings. The number of fused-ring (bicyclic) bond motifs is 2. The Balaban J connectivity index is 1.75. The highest BCUT2D eigenvalue weighted by Gasteiger charge is 2.30. The Morgan fingerprint density at radius 3 is 2.28 bits per heavy atom. The highest BCUT2D eigenvalue weighted by molar-refractivity contribution is 7.92. The number of nitrogens with two attached hydrogens (primary N) is 1. The lowest BCUT2D eigenvalue weighted by atomic mass is 10.1. The first-order valence-corrected chi connectivity index (χ1v) is 11.9. The van der Waals surface area contributed by atoms with Crippen LogP contribution < -0.4 is 5.73 Å². The van der Waals surface area contributed by atoms with E-state index in [0.717, 1.165) is 5.56 Å². The first-order valence-electron chi connectivity index (χ1n) is 10.0. The predicted octanol–water partition coefficient (Wildman–Crippen LogP) is 4.90. The van der Waals surface area contributed by atoms with E-state index in [1.165, 1.54) is 12.1 Å². The van der Waals surface area contributed by atoms with E-state index >= 15 is 0 Å². The van der Waals surface area contributed by atoms with Crippen molar-refractivity contribution in [2.75, 3.05) is 5.73 Å². The molecule has 0 radical (unpaired) electrons. The van der Waals surface area contributed by atoms with Crippen molar-refractivity contribution in [1.29, 1.82) is 0 Å². The van der Waals surface area contributed by atoms with Crippen LogP contribution in [-0.2, 0) is 22.8 Å². The Kier molecular flexibility index (Phi) is 5.07. The van der Waals surface area contributed by atoms with Crippen LogP contribution >= 0.6 is 11.6 Å². The van der Waals surface area contributed by atoms with Crippen molar-refractivity contribution in [2.45, 2.75) is 22.8 Å². The fourth-order valence-corrected chi connectivity index (χ4v) is 5.63. The number of para-hydroxylation sites is 2. The molecule has 0 saturated heterocycles. The predicted molar refractivity (Wildman–Crippen MR) is 126 cm³/mol. The van der Waals surface area contributed by atoms with Crippen LogP contribution in [0.4, 0.5) is 5.82 Å². The Morgan fingerprint density at radius 1 is 0.875 bits per heavy atom. The van der Waals surface area contributed by atoms with Gasteiger partial charge in [-0.2, -0.15) is 0 Å². The van der Waals surface area contributed by atoms with Gasteiger partial charge in [0.15, 0.2) is 5.65 Å². The Morgan fingerprint density at radius 2 is 1.56 bits per heavy atom. The number of rotatable bonds is 5. The molecule has 0 spiro atoms. The summed E-state index contributed by atoms with van der Waals surface area (Å²) < 4.78 is 29.0. The molecule has 0 amide bonds. The monoisotopic (exact) mass is 462 g/mol. The summed E-state index contributed by atoms with van der Waals surface area (Å²) in [5.41, 5.74) is 9.56.